The van der Waals surface area contributed by atoms with E-state index in [-0.39, 0.29) is 18.2 Å². The molecule has 7 heteroatoms. The molecule has 4 aromatic carbocycles. The number of carbonyl (C=O) groups is 2. The molecule has 5 nitrogen and oxygen atoms in total. The van der Waals surface area contributed by atoms with Crippen molar-refractivity contribution in [3.8, 4) is 0 Å². The highest BCUT2D eigenvalue weighted by atomic mass is 35.5. The molecular formula is C30H24ClN3O2S. The summed E-state index contributed by atoms with van der Waals surface area (Å²) in [6.45, 7) is 0. The van der Waals surface area contributed by atoms with Gasteiger partial charge in [0.1, 0.15) is 5.25 Å². The lowest BCUT2D eigenvalue weighted by Gasteiger charge is -2.38. The van der Waals surface area contributed by atoms with E-state index in [0.29, 0.717) is 21.6 Å². The van der Waals surface area contributed by atoms with Gasteiger partial charge in [-0.25, -0.2) is 4.99 Å². The zero-order valence-corrected chi connectivity index (χ0v) is 21.4. The molecule has 2 amide bonds. The van der Waals surface area contributed by atoms with Crippen LogP contribution < -0.4 is 5.32 Å². The van der Waals surface area contributed by atoms with Crippen LogP contribution in [0.25, 0.3) is 0 Å². The number of aliphatic imine (C=N–C) groups is 1. The van der Waals surface area contributed by atoms with E-state index in [9.17, 15) is 9.59 Å². The zero-order chi connectivity index (χ0) is 25.6. The fourth-order valence-corrected chi connectivity index (χ4v) is 5.45. The third-order valence-corrected chi connectivity index (χ3v) is 7.37. The Hall–Kier alpha value is -3.87. The van der Waals surface area contributed by atoms with Crippen molar-refractivity contribution in [2.75, 3.05) is 5.32 Å². The van der Waals surface area contributed by atoms with Crippen molar-refractivity contribution in [1.29, 1.82) is 0 Å². The lowest BCUT2D eigenvalue weighted by Crippen LogP contribution is -2.47. The third kappa shape index (κ3) is 5.93. The smallest absolute Gasteiger partial charge is 0.238 e. The van der Waals surface area contributed by atoms with Gasteiger partial charge in [0.25, 0.3) is 0 Å². The van der Waals surface area contributed by atoms with Crippen molar-refractivity contribution < 1.29 is 9.59 Å². The molecule has 1 fully saturated rings. The first-order valence-corrected chi connectivity index (χ1v) is 13.1. The molecule has 1 saturated heterocycles. The number of amidine groups is 1. The summed E-state index contributed by atoms with van der Waals surface area (Å²) in [5.41, 5.74) is 3.25. The van der Waals surface area contributed by atoms with Crippen LogP contribution in [0, 0.1) is 0 Å². The Morgan fingerprint density at radius 1 is 0.838 bits per heavy atom. The number of amides is 2. The van der Waals surface area contributed by atoms with Crippen LogP contribution in [0.1, 0.15) is 23.6 Å². The average Bonchev–Trinajstić information content (AvgIpc) is 2.93. The van der Waals surface area contributed by atoms with Gasteiger partial charge in [0.15, 0.2) is 5.17 Å². The fraction of sp³-hybridized carbons (Fsp3) is 0.100. The summed E-state index contributed by atoms with van der Waals surface area (Å²) in [5.74, 6) is -0.402. The molecule has 1 aliphatic heterocycles. The van der Waals surface area contributed by atoms with Gasteiger partial charge in [0, 0.05) is 17.1 Å². The van der Waals surface area contributed by atoms with Crippen LogP contribution in [0.2, 0.25) is 5.02 Å². The summed E-state index contributed by atoms with van der Waals surface area (Å²) in [6.07, 6.45) is 0.0547. The summed E-state index contributed by atoms with van der Waals surface area (Å²) < 4.78 is 0. The normalized spacial score (nSPS) is 16.7. The van der Waals surface area contributed by atoms with Gasteiger partial charge in [-0.2, -0.15) is 0 Å². The van der Waals surface area contributed by atoms with E-state index in [1.807, 2.05) is 91.0 Å². The van der Waals surface area contributed by atoms with Gasteiger partial charge in [0.05, 0.1) is 11.7 Å². The van der Waals surface area contributed by atoms with Crippen LogP contribution in [0.15, 0.2) is 120 Å². The van der Waals surface area contributed by atoms with Gasteiger partial charge < -0.3 is 5.32 Å². The molecule has 0 spiro atoms. The Bertz CT molecular complexity index is 1360. The van der Waals surface area contributed by atoms with E-state index in [0.717, 1.165) is 11.1 Å². The summed E-state index contributed by atoms with van der Waals surface area (Å²) in [6, 6.07) is 35.7. The number of thioether (sulfide) groups is 1. The Balaban J connectivity index is 1.55. The molecule has 37 heavy (non-hydrogen) atoms. The number of benzene rings is 4. The average molecular weight is 526 g/mol. The molecule has 0 aliphatic carbocycles. The van der Waals surface area contributed by atoms with Gasteiger partial charge in [-0.3, -0.25) is 14.5 Å². The molecule has 0 radical (unpaired) electrons. The van der Waals surface area contributed by atoms with Gasteiger partial charge in [-0.1, -0.05) is 102 Å². The summed E-state index contributed by atoms with van der Waals surface area (Å²) in [7, 11) is 0. The maximum atomic E-state index is 13.8. The van der Waals surface area contributed by atoms with Crippen LogP contribution in [0.3, 0.4) is 0 Å². The van der Waals surface area contributed by atoms with E-state index in [1.165, 1.54) is 11.8 Å². The van der Waals surface area contributed by atoms with Crippen LogP contribution in [-0.4, -0.2) is 27.1 Å². The van der Waals surface area contributed by atoms with Crippen molar-refractivity contribution in [2.24, 2.45) is 4.99 Å². The number of para-hydroxylation sites is 1. The third-order valence-electron chi connectivity index (χ3n) is 5.96. The van der Waals surface area contributed by atoms with Gasteiger partial charge in [-0.05, 0) is 47.5 Å². The predicted molar refractivity (Wildman–Crippen MR) is 151 cm³/mol. The monoisotopic (exact) mass is 525 g/mol. The number of anilines is 1. The van der Waals surface area contributed by atoms with Crippen LogP contribution in [-0.2, 0) is 9.59 Å². The number of nitrogens with zero attached hydrogens (tertiary/aromatic N) is 2. The molecule has 0 unspecified atom stereocenters. The first-order valence-electron chi connectivity index (χ1n) is 11.9. The lowest BCUT2D eigenvalue weighted by molar-refractivity contribution is -0.130. The molecule has 0 bridgehead atoms. The molecule has 1 aliphatic rings. The second kappa shape index (κ2) is 11.5. The highest BCUT2D eigenvalue weighted by molar-refractivity contribution is 8.15. The van der Waals surface area contributed by atoms with Crippen LogP contribution >= 0.6 is 23.4 Å². The standard InChI is InChI=1S/C30H24ClN3O2S/c31-23-16-18-25(19-17-23)33-30-34(28(21-10-4-1-5-11-21)22-12-6-2-7-13-22)27(35)20-26(37-30)29(36)32-24-14-8-3-9-15-24/h1-19,26,28H,20H2,(H,32,36)/t26-/m0/s1. The maximum absolute atomic E-state index is 13.8. The molecule has 1 N–H and O–H groups in total. The first-order chi connectivity index (χ1) is 18.1. The van der Waals surface area contributed by atoms with Crippen molar-refractivity contribution in [1.82, 2.24) is 4.90 Å². The maximum Gasteiger partial charge on any atom is 0.238 e. The SMILES string of the molecule is O=C(Nc1ccccc1)[C@@H]1CC(=O)N(C(c2ccccc2)c2ccccc2)C(=Nc2ccc(Cl)cc2)S1. The van der Waals surface area contributed by atoms with E-state index in [4.69, 9.17) is 16.6 Å². The fourth-order valence-electron chi connectivity index (χ4n) is 4.20. The number of rotatable bonds is 6. The summed E-state index contributed by atoms with van der Waals surface area (Å²) in [5, 5.41) is 3.37. The number of hydrogen-bond acceptors (Lipinski definition) is 4. The minimum atomic E-state index is -0.623. The molecule has 0 saturated carbocycles. The summed E-state index contributed by atoms with van der Waals surface area (Å²) in [4.78, 5) is 33.6. The molecule has 5 rings (SSSR count). The van der Waals surface area contributed by atoms with Crippen LogP contribution in [0.4, 0.5) is 11.4 Å². The van der Waals surface area contributed by atoms with Gasteiger partial charge in [-0.15, -0.1) is 0 Å². The Labute approximate surface area is 225 Å². The molecule has 1 heterocycles. The highest BCUT2D eigenvalue weighted by Crippen LogP contribution is 2.38. The van der Waals surface area contributed by atoms with Crippen molar-refractivity contribution >= 4 is 51.7 Å². The van der Waals surface area contributed by atoms with Crippen molar-refractivity contribution in [3.63, 3.8) is 0 Å². The largest absolute Gasteiger partial charge is 0.325 e. The molecule has 4 aromatic rings. The van der Waals surface area contributed by atoms with Crippen molar-refractivity contribution in [2.45, 2.75) is 17.7 Å². The Morgan fingerprint density at radius 3 is 1.95 bits per heavy atom. The number of hydrogen-bond donors (Lipinski definition) is 1. The second-order valence-corrected chi connectivity index (χ2v) is 10.1. The van der Waals surface area contributed by atoms with E-state index in [2.05, 4.69) is 5.32 Å². The summed E-state index contributed by atoms with van der Waals surface area (Å²) >= 11 is 7.38. The van der Waals surface area contributed by atoms with E-state index in [1.54, 1.807) is 29.2 Å². The van der Waals surface area contributed by atoms with Gasteiger partial charge >= 0.3 is 0 Å². The lowest BCUT2D eigenvalue weighted by atomic mass is 9.97. The minimum Gasteiger partial charge on any atom is -0.325 e. The number of carbonyl (C=O) groups excluding carboxylic acids is 2. The molecule has 0 aromatic heterocycles. The highest BCUT2D eigenvalue weighted by Gasteiger charge is 2.40. The topological polar surface area (TPSA) is 61.8 Å². The number of halogens is 1. The Morgan fingerprint density at radius 2 is 1.38 bits per heavy atom. The number of nitrogens with one attached hydrogen (secondary N) is 1. The minimum absolute atomic E-state index is 0.0547. The molecular weight excluding hydrogens is 502 g/mol. The van der Waals surface area contributed by atoms with Crippen LogP contribution in [0.5, 0.6) is 0 Å². The quantitative estimate of drug-likeness (QED) is 0.292. The Kier molecular flexibility index (Phi) is 7.68. The van der Waals surface area contributed by atoms with Crippen molar-refractivity contribution in [3.05, 3.63) is 131 Å². The van der Waals surface area contributed by atoms with E-state index < -0.39 is 11.3 Å². The van der Waals surface area contributed by atoms with E-state index >= 15 is 0 Å². The molecule has 184 valence electrons. The predicted octanol–water partition coefficient (Wildman–Crippen LogP) is 7.09. The van der Waals surface area contributed by atoms with Gasteiger partial charge in [0.2, 0.25) is 11.8 Å². The molecule has 1 atom stereocenters. The second-order valence-electron chi connectivity index (χ2n) is 8.52. The first kappa shape index (κ1) is 24.8. The zero-order valence-electron chi connectivity index (χ0n) is 19.8.